The van der Waals surface area contributed by atoms with Gasteiger partial charge in [-0.2, -0.15) is 0 Å². The Balaban J connectivity index is 1.97. The van der Waals surface area contributed by atoms with E-state index in [1.165, 1.54) is 7.11 Å². The Kier molecular flexibility index (Phi) is 7.82. The van der Waals surface area contributed by atoms with Gasteiger partial charge in [-0.3, -0.25) is 4.79 Å². The van der Waals surface area contributed by atoms with Gasteiger partial charge in [0.05, 0.1) is 19.8 Å². The molecule has 0 saturated carbocycles. The van der Waals surface area contributed by atoms with Crippen molar-refractivity contribution in [2.75, 3.05) is 13.7 Å². The summed E-state index contributed by atoms with van der Waals surface area (Å²) in [4.78, 5) is 24.5. The number of ether oxygens (including phenoxy) is 2. The summed E-state index contributed by atoms with van der Waals surface area (Å²) in [5.74, 6) is -0.122. The van der Waals surface area contributed by atoms with Gasteiger partial charge in [0, 0.05) is 6.42 Å². The molecular formula is C21H26N2O4. The summed E-state index contributed by atoms with van der Waals surface area (Å²) in [5.41, 5.74) is 7.87. The highest BCUT2D eigenvalue weighted by molar-refractivity contribution is 5.87. The van der Waals surface area contributed by atoms with E-state index in [1.54, 1.807) is 0 Å². The molecule has 0 aliphatic rings. The molecule has 144 valence electrons. The largest absolute Gasteiger partial charge is 0.494 e. The van der Waals surface area contributed by atoms with E-state index in [0.717, 1.165) is 16.9 Å². The zero-order valence-corrected chi connectivity index (χ0v) is 15.7. The van der Waals surface area contributed by atoms with Crippen LogP contribution in [0, 0.1) is 0 Å². The summed E-state index contributed by atoms with van der Waals surface area (Å²) in [7, 11) is 1.30. The first kappa shape index (κ1) is 20.5. The predicted octanol–water partition coefficient (Wildman–Crippen LogP) is 1.86. The molecule has 6 heteroatoms. The molecule has 2 aromatic carbocycles. The Morgan fingerprint density at radius 1 is 1.00 bits per heavy atom. The van der Waals surface area contributed by atoms with Crippen molar-refractivity contribution in [1.82, 2.24) is 5.32 Å². The Morgan fingerprint density at radius 2 is 1.63 bits per heavy atom. The molecule has 0 aromatic heterocycles. The average Bonchev–Trinajstić information content (AvgIpc) is 2.69. The highest BCUT2D eigenvalue weighted by atomic mass is 16.5. The van der Waals surface area contributed by atoms with Crippen molar-refractivity contribution >= 4 is 11.9 Å². The summed E-state index contributed by atoms with van der Waals surface area (Å²) >= 11 is 0. The molecule has 0 heterocycles. The number of rotatable bonds is 9. The number of benzene rings is 2. The summed E-state index contributed by atoms with van der Waals surface area (Å²) in [6, 6.07) is 15.3. The first-order chi connectivity index (χ1) is 13.0. The number of carbonyl (C=O) groups is 2. The van der Waals surface area contributed by atoms with E-state index in [4.69, 9.17) is 15.2 Å². The van der Waals surface area contributed by atoms with E-state index in [-0.39, 0.29) is 0 Å². The molecular weight excluding hydrogens is 344 g/mol. The van der Waals surface area contributed by atoms with Crippen molar-refractivity contribution in [3.05, 3.63) is 65.7 Å². The van der Waals surface area contributed by atoms with Gasteiger partial charge in [-0.15, -0.1) is 0 Å². The Hall–Kier alpha value is -2.86. The van der Waals surface area contributed by atoms with E-state index in [1.807, 2.05) is 61.5 Å². The van der Waals surface area contributed by atoms with E-state index in [2.05, 4.69) is 5.32 Å². The number of esters is 1. The lowest BCUT2D eigenvalue weighted by Crippen LogP contribution is -2.50. The third-order valence-corrected chi connectivity index (χ3v) is 4.11. The molecule has 0 saturated heterocycles. The first-order valence-corrected chi connectivity index (χ1v) is 8.93. The van der Waals surface area contributed by atoms with Gasteiger partial charge in [-0.1, -0.05) is 42.5 Å². The molecule has 1 amide bonds. The number of hydrogen-bond donors (Lipinski definition) is 2. The highest BCUT2D eigenvalue weighted by Crippen LogP contribution is 2.13. The molecule has 3 N–H and O–H groups in total. The number of nitrogens with two attached hydrogens (primary N) is 1. The topological polar surface area (TPSA) is 90.6 Å². The van der Waals surface area contributed by atoms with Crippen LogP contribution in [0.25, 0.3) is 0 Å². The lowest BCUT2D eigenvalue weighted by atomic mass is 10.0. The fourth-order valence-electron chi connectivity index (χ4n) is 2.70. The minimum atomic E-state index is -0.781. The second-order valence-electron chi connectivity index (χ2n) is 6.16. The minimum Gasteiger partial charge on any atom is -0.494 e. The molecule has 0 fully saturated rings. The predicted molar refractivity (Wildman–Crippen MR) is 103 cm³/mol. The first-order valence-electron chi connectivity index (χ1n) is 8.93. The van der Waals surface area contributed by atoms with Crippen molar-refractivity contribution in [2.24, 2.45) is 5.73 Å². The van der Waals surface area contributed by atoms with Crippen LogP contribution in [0.1, 0.15) is 18.1 Å². The molecule has 2 aromatic rings. The van der Waals surface area contributed by atoms with E-state index in [9.17, 15) is 9.59 Å². The molecule has 0 radical (unpaired) electrons. The van der Waals surface area contributed by atoms with Crippen LogP contribution in [0.5, 0.6) is 5.75 Å². The van der Waals surface area contributed by atoms with Crippen LogP contribution in [-0.4, -0.2) is 37.7 Å². The third kappa shape index (κ3) is 6.42. The molecule has 0 bridgehead atoms. The van der Waals surface area contributed by atoms with Gasteiger partial charge in [0.2, 0.25) is 5.91 Å². The Labute approximate surface area is 159 Å². The lowest BCUT2D eigenvalue weighted by Gasteiger charge is -2.19. The van der Waals surface area contributed by atoms with Crippen LogP contribution in [0.2, 0.25) is 0 Å². The normalized spacial score (nSPS) is 12.7. The number of hydrogen-bond acceptors (Lipinski definition) is 5. The second-order valence-corrected chi connectivity index (χ2v) is 6.16. The zero-order chi connectivity index (χ0) is 19.6. The quantitative estimate of drug-likeness (QED) is 0.658. The summed E-state index contributed by atoms with van der Waals surface area (Å²) < 4.78 is 10.2. The van der Waals surface area contributed by atoms with Crippen molar-refractivity contribution in [3.8, 4) is 5.75 Å². The highest BCUT2D eigenvalue weighted by Gasteiger charge is 2.24. The van der Waals surface area contributed by atoms with Crippen LogP contribution in [-0.2, 0) is 27.2 Å². The molecule has 0 aliphatic heterocycles. The molecule has 27 heavy (non-hydrogen) atoms. The van der Waals surface area contributed by atoms with E-state index >= 15 is 0 Å². The van der Waals surface area contributed by atoms with Gasteiger partial charge in [0.1, 0.15) is 11.8 Å². The maximum absolute atomic E-state index is 12.5. The number of methoxy groups -OCH3 is 1. The average molecular weight is 370 g/mol. The Morgan fingerprint density at radius 3 is 2.22 bits per heavy atom. The number of carbonyl (C=O) groups excluding carboxylic acids is 2. The molecule has 6 nitrogen and oxygen atoms in total. The van der Waals surface area contributed by atoms with Crippen LogP contribution in [0.4, 0.5) is 0 Å². The standard InChI is InChI=1S/C21H26N2O4/c1-3-27-17-11-9-16(10-12-17)13-18(22)20(24)23-19(21(25)26-2)14-15-7-5-4-6-8-15/h4-12,18-19H,3,13-14,22H2,1-2H3,(H,23,24). The van der Waals surface area contributed by atoms with Gasteiger partial charge in [0.15, 0.2) is 0 Å². The molecule has 0 aliphatic carbocycles. The van der Waals surface area contributed by atoms with Crippen LogP contribution < -0.4 is 15.8 Å². The number of amides is 1. The molecule has 2 unspecified atom stereocenters. The fraction of sp³-hybridized carbons (Fsp3) is 0.333. The minimum absolute atomic E-state index is 0.342. The van der Waals surface area contributed by atoms with E-state index in [0.29, 0.717) is 19.4 Å². The van der Waals surface area contributed by atoms with Crippen LogP contribution in [0.3, 0.4) is 0 Å². The number of nitrogens with one attached hydrogen (secondary N) is 1. The van der Waals surface area contributed by atoms with Crippen molar-refractivity contribution in [1.29, 1.82) is 0 Å². The van der Waals surface area contributed by atoms with Crippen LogP contribution >= 0.6 is 0 Å². The van der Waals surface area contributed by atoms with E-state index < -0.39 is 24.0 Å². The van der Waals surface area contributed by atoms with Crippen molar-refractivity contribution in [2.45, 2.75) is 31.8 Å². The maximum Gasteiger partial charge on any atom is 0.328 e. The van der Waals surface area contributed by atoms with Crippen LogP contribution in [0.15, 0.2) is 54.6 Å². The van der Waals surface area contributed by atoms with Gasteiger partial charge in [-0.25, -0.2) is 4.79 Å². The van der Waals surface area contributed by atoms with Gasteiger partial charge < -0.3 is 20.5 Å². The smallest absolute Gasteiger partial charge is 0.328 e. The molecule has 2 rings (SSSR count). The monoisotopic (exact) mass is 370 g/mol. The summed E-state index contributed by atoms with van der Waals surface area (Å²) in [5, 5.41) is 2.70. The second kappa shape index (κ2) is 10.3. The third-order valence-electron chi connectivity index (χ3n) is 4.11. The van der Waals surface area contributed by atoms with Gasteiger partial charge in [0.25, 0.3) is 0 Å². The SMILES string of the molecule is CCOc1ccc(CC(N)C(=O)NC(Cc2ccccc2)C(=O)OC)cc1. The van der Waals surface area contributed by atoms with Gasteiger partial charge >= 0.3 is 5.97 Å². The fourth-order valence-corrected chi connectivity index (χ4v) is 2.70. The van der Waals surface area contributed by atoms with Crippen molar-refractivity contribution in [3.63, 3.8) is 0 Å². The summed E-state index contributed by atoms with van der Waals surface area (Å²) in [6.45, 7) is 2.51. The maximum atomic E-state index is 12.5. The lowest BCUT2D eigenvalue weighted by molar-refractivity contribution is -0.145. The molecule has 0 spiro atoms. The van der Waals surface area contributed by atoms with Gasteiger partial charge in [-0.05, 0) is 36.6 Å². The zero-order valence-electron chi connectivity index (χ0n) is 15.7. The van der Waals surface area contributed by atoms with Crippen molar-refractivity contribution < 1.29 is 19.1 Å². The molecule has 2 atom stereocenters. The Bertz CT molecular complexity index is 732. The summed E-state index contributed by atoms with van der Waals surface area (Å²) in [6.07, 6.45) is 0.701.